The molecule has 1 atom stereocenters. The Kier molecular flexibility index (Phi) is 5.20. The van der Waals surface area contributed by atoms with E-state index in [4.69, 9.17) is 11.6 Å². The van der Waals surface area contributed by atoms with Crippen molar-refractivity contribution in [3.8, 4) is 0 Å². The quantitative estimate of drug-likeness (QED) is 0.619. The van der Waals surface area contributed by atoms with Crippen LogP contribution in [-0.4, -0.2) is 15.7 Å². The number of hydrogen-bond donors (Lipinski definition) is 0. The Morgan fingerprint density at radius 1 is 1.57 bits per heavy atom. The molecule has 1 rings (SSSR count). The van der Waals surface area contributed by atoms with E-state index in [0.717, 1.165) is 15.3 Å². The Bertz CT molecular complexity index is 309. The molecule has 0 aliphatic heterocycles. The monoisotopic (exact) mass is 294 g/mol. The van der Waals surface area contributed by atoms with Gasteiger partial charge in [-0.15, -0.1) is 11.8 Å². The SMILES string of the molecule is CCC(C)CSc1ncnc(Cl)c1Br. The van der Waals surface area contributed by atoms with Crippen LogP contribution in [0.15, 0.2) is 15.8 Å². The predicted molar refractivity (Wildman–Crippen MR) is 64.9 cm³/mol. The van der Waals surface area contributed by atoms with Crippen molar-refractivity contribution in [2.45, 2.75) is 25.3 Å². The Hall–Kier alpha value is 0.200. The van der Waals surface area contributed by atoms with E-state index in [1.807, 2.05) is 0 Å². The van der Waals surface area contributed by atoms with Gasteiger partial charge in [0, 0.05) is 5.75 Å². The van der Waals surface area contributed by atoms with Crippen LogP contribution in [0.5, 0.6) is 0 Å². The van der Waals surface area contributed by atoms with Crippen LogP contribution in [0.2, 0.25) is 5.15 Å². The average Bonchev–Trinajstić information content (AvgIpc) is 2.20. The lowest BCUT2D eigenvalue weighted by atomic mass is 10.2. The molecule has 1 aromatic rings. The summed E-state index contributed by atoms with van der Waals surface area (Å²) in [7, 11) is 0. The van der Waals surface area contributed by atoms with Crippen LogP contribution in [0.25, 0.3) is 0 Å². The molecule has 0 N–H and O–H groups in total. The molecule has 0 spiro atoms. The summed E-state index contributed by atoms with van der Waals surface area (Å²) in [6.07, 6.45) is 2.68. The van der Waals surface area contributed by atoms with Crippen molar-refractivity contribution in [2.75, 3.05) is 5.75 Å². The largest absolute Gasteiger partial charge is 0.229 e. The van der Waals surface area contributed by atoms with Crippen molar-refractivity contribution in [3.05, 3.63) is 16.0 Å². The maximum atomic E-state index is 5.85. The van der Waals surface area contributed by atoms with E-state index in [9.17, 15) is 0 Å². The number of hydrogen-bond acceptors (Lipinski definition) is 3. The maximum Gasteiger partial charge on any atom is 0.147 e. The third kappa shape index (κ3) is 3.41. The van der Waals surface area contributed by atoms with E-state index in [1.54, 1.807) is 11.8 Å². The first kappa shape index (κ1) is 12.3. The standard InChI is InChI=1S/C9H12BrClN2S/c1-3-6(2)4-14-9-7(10)8(11)12-5-13-9/h5-6H,3-4H2,1-2H3. The van der Waals surface area contributed by atoms with E-state index < -0.39 is 0 Å². The summed E-state index contributed by atoms with van der Waals surface area (Å²) in [4.78, 5) is 8.05. The van der Waals surface area contributed by atoms with Crippen LogP contribution in [0.3, 0.4) is 0 Å². The number of halogens is 2. The van der Waals surface area contributed by atoms with Crippen molar-refractivity contribution in [1.29, 1.82) is 0 Å². The van der Waals surface area contributed by atoms with Gasteiger partial charge in [-0.1, -0.05) is 31.9 Å². The first-order chi connectivity index (χ1) is 6.65. The number of nitrogens with zero attached hydrogens (tertiary/aromatic N) is 2. The average molecular weight is 296 g/mol. The third-order valence-electron chi connectivity index (χ3n) is 1.92. The highest BCUT2D eigenvalue weighted by Crippen LogP contribution is 2.30. The van der Waals surface area contributed by atoms with Crippen molar-refractivity contribution < 1.29 is 0 Å². The van der Waals surface area contributed by atoms with Gasteiger partial charge in [-0.3, -0.25) is 0 Å². The van der Waals surface area contributed by atoms with Crippen LogP contribution in [0.4, 0.5) is 0 Å². The Morgan fingerprint density at radius 2 is 2.29 bits per heavy atom. The molecule has 5 heteroatoms. The summed E-state index contributed by atoms with van der Waals surface area (Å²) < 4.78 is 0.801. The fourth-order valence-electron chi connectivity index (χ4n) is 0.773. The lowest BCUT2D eigenvalue weighted by molar-refractivity contribution is 0.636. The van der Waals surface area contributed by atoms with Crippen molar-refractivity contribution in [3.63, 3.8) is 0 Å². The van der Waals surface area contributed by atoms with Gasteiger partial charge in [-0.25, -0.2) is 9.97 Å². The molecule has 0 bridgehead atoms. The van der Waals surface area contributed by atoms with Gasteiger partial charge in [0.05, 0.1) is 4.47 Å². The zero-order valence-electron chi connectivity index (χ0n) is 8.13. The minimum absolute atomic E-state index is 0.478. The van der Waals surface area contributed by atoms with E-state index in [2.05, 4.69) is 39.7 Å². The van der Waals surface area contributed by atoms with Gasteiger partial charge in [0.2, 0.25) is 0 Å². The second-order valence-corrected chi connectivity index (χ2v) is 5.27. The highest BCUT2D eigenvalue weighted by Gasteiger charge is 2.08. The van der Waals surface area contributed by atoms with Gasteiger partial charge in [0.15, 0.2) is 0 Å². The molecule has 0 aliphatic rings. The van der Waals surface area contributed by atoms with E-state index in [0.29, 0.717) is 11.1 Å². The van der Waals surface area contributed by atoms with Gasteiger partial charge < -0.3 is 0 Å². The fourth-order valence-corrected chi connectivity index (χ4v) is 2.53. The molecular formula is C9H12BrClN2S. The molecule has 0 aromatic carbocycles. The highest BCUT2D eigenvalue weighted by molar-refractivity contribution is 9.10. The van der Waals surface area contributed by atoms with Gasteiger partial charge in [-0.05, 0) is 21.8 Å². The second kappa shape index (κ2) is 5.93. The molecule has 1 heterocycles. The van der Waals surface area contributed by atoms with Gasteiger partial charge in [0.25, 0.3) is 0 Å². The molecule has 1 aromatic heterocycles. The highest BCUT2D eigenvalue weighted by atomic mass is 79.9. The minimum atomic E-state index is 0.478. The summed E-state index contributed by atoms with van der Waals surface area (Å²) in [6, 6.07) is 0. The topological polar surface area (TPSA) is 25.8 Å². The van der Waals surface area contributed by atoms with E-state index in [1.165, 1.54) is 12.7 Å². The van der Waals surface area contributed by atoms with Crippen LogP contribution < -0.4 is 0 Å². The fraction of sp³-hybridized carbons (Fsp3) is 0.556. The normalized spacial score (nSPS) is 12.9. The van der Waals surface area contributed by atoms with Crippen LogP contribution >= 0.6 is 39.3 Å². The van der Waals surface area contributed by atoms with Crippen LogP contribution in [-0.2, 0) is 0 Å². The summed E-state index contributed by atoms with van der Waals surface area (Å²) in [6.45, 7) is 4.41. The van der Waals surface area contributed by atoms with E-state index in [-0.39, 0.29) is 0 Å². The summed E-state index contributed by atoms with van der Waals surface area (Å²) >= 11 is 10.9. The summed E-state index contributed by atoms with van der Waals surface area (Å²) in [5, 5.41) is 1.40. The van der Waals surface area contributed by atoms with Gasteiger partial charge >= 0.3 is 0 Å². The Balaban J connectivity index is 2.63. The van der Waals surface area contributed by atoms with Crippen LogP contribution in [0.1, 0.15) is 20.3 Å². The molecule has 0 saturated carbocycles. The molecule has 0 aliphatic carbocycles. The van der Waals surface area contributed by atoms with Crippen molar-refractivity contribution >= 4 is 39.3 Å². The zero-order valence-corrected chi connectivity index (χ0v) is 11.3. The first-order valence-corrected chi connectivity index (χ1v) is 6.59. The molecule has 0 amide bonds. The zero-order chi connectivity index (χ0) is 10.6. The number of aromatic nitrogens is 2. The lowest BCUT2D eigenvalue weighted by Gasteiger charge is -2.08. The molecule has 2 nitrogen and oxygen atoms in total. The lowest BCUT2D eigenvalue weighted by Crippen LogP contribution is -1.96. The molecule has 0 fully saturated rings. The first-order valence-electron chi connectivity index (χ1n) is 4.44. The number of rotatable bonds is 4. The molecule has 78 valence electrons. The molecule has 14 heavy (non-hydrogen) atoms. The van der Waals surface area contributed by atoms with Crippen molar-refractivity contribution in [1.82, 2.24) is 9.97 Å². The van der Waals surface area contributed by atoms with E-state index >= 15 is 0 Å². The van der Waals surface area contributed by atoms with Gasteiger partial charge in [0.1, 0.15) is 16.5 Å². The molecule has 0 saturated heterocycles. The molecular weight excluding hydrogens is 284 g/mol. The minimum Gasteiger partial charge on any atom is -0.229 e. The smallest absolute Gasteiger partial charge is 0.147 e. The van der Waals surface area contributed by atoms with Crippen LogP contribution in [0, 0.1) is 5.92 Å². The number of thioether (sulfide) groups is 1. The maximum absolute atomic E-state index is 5.85. The predicted octanol–water partition coefficient (Wildman–Crippen LogP) is 4.03. The third-order valence-corrected chi connectivity index (χ3v) is 4.76. The van der Waals surface area contributed by atoms with Crippen molar-refractivity contribution in [2.24, 2.45) is 5.92 Å². The summed E-state index contributed by atoms with van der Waals surface area (Å²) in [5.74, 6) is 1.75. The van der Waals surface area contributed by atoms with Gasteiger partial charge in [-0.2, -0.15) is 0 Å². The second-order valence-electron chi connectivity index (χ2n) is 3.11. The Morgan fingerprint density at radius 3 is 2.93 bits per heavy atom. The Labute approximate surface area is 102 Å². The summed E-state index contributed by atoms with van der Waals surface area (Å²) in [5.41, 5.74) is 0. The molecule has 0 radical (unpaired) electrons. The molecule has 1 unspecified atom stereocenters.